The van der Waals surface area contributed by atoms with E-state index in [-0.39, 0.29) is 42.5 Å². The number of hydrogen-bond donors (Lipinski definition) is 3. The van der Waals surface area contributed by atoms with Crippen molar-refractivity contribution in [2.45, 2.75) is 58.5 Å². The van der Waals surface area contributed by atoms with Gasteiger partial charge in [0.1, 0.15) is 0 Å². The van der Waals surface area contributed by atoms with Gasteiger partial charge in [-0.25, -0.2) is 0 Å². The van der Waals surface area contributed by atoms with E-state index < -0.39 is 0 Å². The summed E-state index contributed by atoms with van der Waals surface area (Å²) in [7, 11) is 1.74. The van der Waals surface area contributed by atoms with Crippen LogP contribution in [0.25, 0.3) is 0 Å². The third-order valence-electron chi connectivity index (χ3n) is 3.37. The first kappa shape index (κ1) is 19.5. The van der Waals surface area contributed by atoms with Gasteiger partial charge in [-0.15, -0.1) is 24.0 Å². The number of halogens is 1. The maximum Gasteiger partial charge on any atom is 0.239 e. The molecule has 1 rings (SSSR count). The normalized spacial score (nSPS) is 22.9. The van der Waals surface area contributed by atoms with Crippen LogP contribution in [0.5, 0.6) is 0 Å². The molecule has 20 heavy (non-hydrogen) atoms. The number of carbonyl (C=O) groups is 1. The summed E-state index contributed by atoms with van der Waals surface area (Å²) >= 11 is 0. The van der Waals surface area contributed by atoms with Crippen LogP contribution >= 0.6 is 24.0 Å². The Balaban J connectivity index is 0.00000361. The monoisotopic (exact) mass is 396 g/mol. The van der Waals surface area contributed by atoms with Crippen molar-refractivity contribution in [3.8, 4) is 0 Å². The van der Waals surface area contributed by atoms with Gasteiger partial charge in [0, 0.05) is 19.1 Å². The van der Waals surface area contributed by atoms with Gasteiger partial charge < -0.3 is 16.0 Å². The van der Waals surface area contributed by atoms with E-state index in [1.54, 1.807) is 7.05 Å². The average molecular weight is 396 g/mol. The third-order valence-corrected chi connectivity index (χ3v) is 3.37. The van der Waals surface area contributed by atoms with E-state index in [2.05, 4.69) is 27.9 Å². The second-order valence-corrected chi connectivity index (χ2v) is 5.76. The minimum absolute atomic E-state index is 0. The van der Waals surface area contributed by atoms with E-state index in [4.69, 9.17) is 0 Å². The predicted molar refractivity (Wildman–Crippen MR) is 94.6 cm³/mol. The highest BCUT2D eigenvalue weighted by molar-refractivity contribution is 14.0. The van der Waals surface area contributed by atoms with Crippen molar-refractivity contribution >= 4 is 35.8 Å². The van der Waals surface area contributed by atoms with Gasteiger partial charge in [0.15, 0.2) is 5.96 Å². The molecule has 6 heteroatoms. The second-order valence-electron chi connectivity index (χ2n) is 5.76. The Labute approximate surface area is 139 Å². The lowest BCUT2D eigenvalue weighted by molar-refractivity contribution is -0.120. The molecule has 5 nitrogen and oxygen atoms in total. The maximum atomic E-state index is 11.6. The van der Waals surface area contributed by atoms with Crippen LogP contribution < -0.4 is 16.0 Å². The summed E-state index contributed by atoms with van der Waals surface area (Å²) in [5.41, 5.74) is 0. The topological polar surface area (TPSA) is 65.5 Å². The fraction of sp³-hybridized carbons (Fsp3) is 0.857. The van der Waals surface area contributed by atoms with Crippen LogP contribution in [0.15, 0.2) is 4.99 Å². The molecule has 0 aromatic heterocycles. The number of aliphatic imine (C=N–C) groups is 1. The molecule has 0 aromatic carbocycles. The van der Waals surface area contributed by atoms with E-state index in [9.17, 15) is 4.79 Å². The van der Waals surface area contributed by atoms with Gasteiger partial charge in [0.25, 0.3) is 0 Å². The fourth-order valence-corrected chi connectivity index (χ4v) is 2.49. The third kappa shape index (κ3) is 7.91. The summed E-state index contributed by atoms with van der Waals surface area (Å²) in [4.78, 5) is 15.7. The lowest BCUT2D eigenvalue weighted by Crippen LogP contribution is -2.48. The van der Waals surface area contributed by atoms with E-state index >= 15 is 0 Å². The molecule has 3 N–H and O–H groups in total. The molecule has 1 aliphatic rings. The summed E-state index contributed by atoms with van der Waals surface area (Å²) in [6.07, 6.45) is 4.95. The summed E-state index contributed by atoms with van der Waals surface area (Å²) in [6, 6.07) is 0.645. The van der Waals surface area contributed by atoms with Gasteiger partial charge in [0.05, 0.1) is 6.54 Å². The van der Waals surface area contributed by atoms with E-state index in [1.807, 2.05) is 13.8 Å². The number of rotatable bonds is 4. The lowest BCUT2D eigenvalue weighted by atomic mass is 9.87. The van der Waals surface area contributed by atoms with Gasteiger partial charge in [-0.1, -0.05) is 19.8 Å². The van der Waals surface area contributed by atoms with Gasteiger partial charge in [0.2, 0.25) is 5.91 Å². The molecular formula is C14H29IN4O. The van der Waals surface area contributed by atoms with Gasteiger partial charge >= 0.3 is 0 Å². The molecular weight excluding hydrogens is 367 g/mol. The molecule has 0 spiro atoms. The molecule has 0 saturated heterocycles. The van der Waals surface area contributed by atoms with Gasteiger partial charge in [-0.3, -0.25) is 9.79 Å². The number of amides is 1. The molecule has 2 atom stereocenters. The molecule has 0 heterocycles. The summed E-state index contributed by atoms with van der Waals surface area (Å²) in [5, 5.41) is 9.32. The number of carbonyl (C=O) groups excluding carboxylic acids is 1. The molecule has 0 bridgehead atoms. The standard InChI is InChI=1S/C14H28N4O.HI/c1-10(2)17-13(19)9-16-14(15-4)18-12-7-5-6-11(3)8-12;/h10-12H,5-9H2,1-4H3,(H,17,19)(H2,15,16,18);1H. The van der Waals surface area contributed by atoms with Crippen molar-refractivity contribution in [1.29, 1.82) is 0 Å². The van der Waals surface area contributed by atoms with Crippen LogP contribution in [0.2, 0.25) is 0 Å². The van der Waals surface area contributed by atoms with Crippen LogP contribution in [-0.2, 0) is 4.79 Å². The molecule has 1 amide bonds. The highest BCUT2D eigenvalue weighted by Crippen LogP contribution is 2.23. The zero-order valence-electron chi connectivity index (χ0n) is 13.0. The Kier molecular flexibility index (Phi) is 9.96. The second kappa shape index (κ2) is 10.2. The van der Waals surface area contributed by atoms with Crippen LogP contribution in [0.1, 0.15) is 46.5 Å². The van der Waals surface area contributed by atoms with Crippen LogP contribution in [0.4, 0.5) is 0 Å². The maximum absolute atomic E-state index is 11.6. The fourth-order valence-electron chi connectivity index (χ4n) is 2.49. The molecule has 1 aliphatic carbocycles. The van der Waals surface area contributed by atoms with Crippen LogP contribution in [-0.4, -0.2) is 37.5 Å². The number of guanidine groups is 1. The number of nitrogens with zero attached hydrogens (tertiary/aromatic N) is 1. The molecule has 0 radical (unpaired) electrons. The summed E-state index contributed by atoms with van der Waals surface area (Å²) < 4.78 is 0. The molecule has 1 fully saturated rings. The smallest absolute Gasteiger partial charge is 0.239 e. The van der Waals surface area contributed by atoms with Crippen LogP contribution in [0.3, 0.4) is 0 Å². The molecule has 2 unspecified atom stereocenters. The van der Waals surface area contributed by atoms with Gasteiger partial charge in [-0.2, -0.15) is 0 Å². The SMILES string of the molecule is CN=C(NCC(=O)NC(C)C)NC1CCCC(C)C1.I. The highest BCUT2D eigenvalue weighted by atomic mass is 127. The first-order chi connectivity index (χ1) is 9.01. The largest absolute Gasteiger partial charge is 0.354 e. The first-order valence-electron chi connectivity index (χ1n) is 7.27. The molecule has 1 saturated carbocycles. The van der Waals surface area contributed by atoms with Crippen molar-refractivity contribution in [1.82, 2.24) is 16.0 Å². The quantitative estimate of drug-likeness (QED) is 0.386. The molecule has 0 aliphatic heterocycles. The minimum Gasteiger partial charge on any atom is -0.354 e. The summed E-state index contributed by atoms with van der Waals surface area (Å²) in [6.45, 7) is 6.46. The molecule has 118 valence electrons. The Hall–Kier alpha value is -0.530. The van der Waals surface area contributed by atoms with Crippen molar-refractivity contribution in [3.05, 3.63) is 0 Å². The number of nitrogens with one attached hydrogen (secondary N) is 3. The highest BCUT2D eigenvalue weighted by Gasteiger charge is 2.19. The van der Waals surface area contributed by atoms with E-state index in [1.165, 1.54) is 25.7 Å². The van der Waals surface area contributed by atoms with Crippen molar-refractivity contribution < 1.29 is 4.79 Å². The average Bonchev–Trinajstić information content (AvgIpc) is 2.33. The Bertz CT molecular complexity index is 320. The minimum atomic E-state index is -0.00466. The Morgan fingerprint density at radius 1 is 1.35 bits per heavy atom. The zero-order valence-corrected chi connectivity index (χ0v) is 15.4. The first-order valence-corrected chi connectivity index (χ1v) is 7.27. The van der Waals surface area contributed by atoms with E-state index in [0.29, 0.717) is 6.04 Å². The van der Waals surface area contributed by atoms with E-state index in [0.717, 1.165) is 11.9 Å². The Morgan fingerprint density at radius 3 is 2.60 bits per heavy atom. The lowest BCUT2D eigenvalue weighted by Gasteiger charge is -2.28. The Morgan fingerprint density at radius 2 is 2.05 bits per heavy atom. The van der Waals surface area contributed by atoms with Crippen molar-refractivity contribution in [3.63, 3.8) is 0 Å². The van der Waals surface area contributed by atoms with Crippen molar-refractivity contribution in [2.75, 3.05) is 13.6 Å². The molecule has 0 aromatic rings. The number of hydrogen-bond acceptors (Lipinski definition) is 2. The van der Waals surface area contributed by atoms with Crippen LogP contribution in [0, 0.1) is 5.92 Å². The van der Waals surface area contributed by atoms with Gasteiger partial charge in [-0.05, 0) is 32.6 Å². The van der Waals surface area contributed by atoms with Crippen molar-refractivity contribution in [2.24, 2.45) is 10.9 Å². The zero-order chi connectivity index (χ0) is 14.3. The summed E-state index contributed by atoms with van der Waals surface area (Å²) in [5.74, 6) is 1.49. The predicted octanol–water partition coefficient (Wildman–Crippen LogP) is 1.87.